The van der Waals surface area contributed by atoms with Crippen LogP contribution in [-0.4, -0.2) is 20.7 Å². The predicted molar refractivity (Wildman–Crippen MR) is 90.0 cm³/mol. The van der Waals surface area contributed by atoms with Crippen molar-refractivity contribution in [2.75, 3.05) is 5.32 Å². The maximum atomic E-state index is 13.2. The Hall–Kier alpha value is -3.29. The van der Waals surface area contributed by atoms with Crippen molar-refractivity contribution in [2.24, 2.45) is 0 Å². The molecule has 0 unspecified atom stereocenters. The number of halogens is 3. The van der Waals surface area contributed by atoms with Crippen LogP contribution in [0.4, 0.5) is 24.7 Å². The molecule has 26 heavy (non-hydrogen) atoms. The fraction of sp³-hybridized carbons (Fsp3) is 0.111. The molecular weight excluding hydrogens is 345 g/mol. The number of ketones is 1. The number of rotatable bonds is 4. The summed E-state index contributed by atoms with van der Waals surface area (Å²) in [6, 6.07) is 10.3. The zero-order chi connectivity index (χ0) is 18.7. The van der Waals surface area contributed by atoms with Crippen molar-refractivity contribution in [2.45, 2.75) is 13.1 Å². The first-order valence-electron chi connectivity index (χ1n) is 7.57. The lowest BCUT2D eigenvalue weighted by molar-refractivity contribution is -0.141. The van der Waals surface area contributed by atoms with E-state index in [0.717, 1.165) is 6.07 Å². The topological polar surface area (TPSA) is 67.8 Å². The zero-order valence-electron chi connectivity index (χ0n) is 13.6. The van der Waals surface area contributed by atoms with Crippen LogP contribution in [0, 0.1) is 0 Å². The molecule has 5 nitrogen and oxygen atoms in total. The summed E-state index contributed by atoms with van der Waals surface area (Å²) >= 11 is 0. The number of nitrogens with one attached hydrogen (secondary N) is 1. The molecule has 8 heteroatoms. The average Bonchev–Trinajstić information content (AvgIpc) is 2.62. The molecule has 0 aliphatic carbocycles. The van der Waals surface area contributed by atoms with Gasteiger partial charge in [0, 0.05) is 35.3 Å². The summed E-state index contributed by atoms with van der Waals surface area (Å²) in [4.78, 5) is 22.9. The van der Waals surface area contributed by atoms with Gasteiger partial charge in [0.15, 0.2) is 17.3 Å². The number of aromatic nitrogens is 3. The number of carbonyl (C=O) groups excluding carboxylic acids is 1. The zero-order valence-corrected chi connectivity index (χ0v) is 13.6. The first kappa shape index (κ1) is 17.5. The number of hydrogen-bond acceptors (Lipinski definition) is 5. The van der Waals surface area contributed by atoms with Gasteiger partial charge >= 0.3 is 6.18 Å². The van der Waals surface area contributed by atoms with Gasteiger partial charge in [0.25, 0.3) is 0 Å². The normalized spacial score (nSPS) is 11.2. The molecule has 3 rings (SSSR count). The lowest BCUT2D eigenvalue weighted by Crippen LogP contribution is -2.11. The van der Waals surface area contributed by atoms with Gasteiger partial charge in [-0.2, -0.15) is 13.2 Å². The maximum absolute atomic E-state index is 13.2. The van der Waals surface area contributed by atoms with Crippen molar-refractivity contribution in [1.82, 2.24) is 15.0 Å². The fourth-order valence-corrected chi connectivity index (χ4v) is 2.22. The van der Waals surface area contributed by atoms with Crippen molar-refractivity contribution in [3.05, 3.63) is 66.1 Å². The fourth-order valence-electron chi connectivity index (χ4n) is 2.22. The SMILES string of the molecule is CC(=O)c1ccc(Nc2cc(C(F)(F)F)nc(-c3ccncc3)n2)cc1. The van der Waals surface area contributed by atoms with E-state index in [2.05, 4.69) is 20.3 Å². The Bertz CT molecular complexity index is 925. The average molecular weight is 358 g/mol. The van der Waals surface area contributed by atoms with Crippen LogP contribution in [-0.2, 0) is 6.18 Å². The van der Waals surface area contributed by atoms with E-state index in [1.807, 2.05) is 0 Å². The van der Waals surface area contributed by atoms with Crippen LogP contribution in [0.3, 0.4) is 0 Å². The second-order valence-electron chi connectivity index (χ2n) is 5.45. The van der Waals surface area contributed by atoms with Gasteiger partial charge in [-0.05, 0) is 43.3 Å². The molecule has 3 aromatic rings. The number of alkyl halides is 3. The smallest absolute Gasteiger partial charge is 0.340 e. The van der Waals surface area contributed by atoms with Gasteiger partial charge in [-0.1, -0.05) is 0 Å². The minimum atomic E-state index is -4.61. The van der Waals surface area contributed by atoms with Crippen LogP contribution in [0.1, 0.15) is 23.0 Å². The number of Topliss-reactive ketones (excluding diaryl/α,β-unsaturated/α-hetero) is 1. The minimum absolute atomic E-state index is 0.00490. The number of pyridine rings is 1. The van der Waals surface area contributed by atoms with Gasteiger partial charge in [-0.15, -0.1) is 0 Å². The van der Waals surface area contributed by atoms with Crippen LogP contribution < -0.4 is 5.32 Å². The molecule has 1 aromatic carbocycles. The molecule has 0 bridgehead atoms. The third kappa shape index (κ3) is 4.02. The molecule has 0 aliphatic heterocycles. The quantitative estimate of drug-likeness (QED) is 0.696. The highest BCUT2D eigenvalue weighted by molar-refractivity contribution is 5.94. The van der Waals surface area contributed by atoms with Gasteiger partial charge < -0.3 is 5.32 Å². The number of hydrogen-bond donors (Lipinski definition) is 1. The molecule has 0 spiro atoms. The van der Waals surface area contributed by atoms with Gasteiger partial charge in [0.2, 0.25) is 0 Å². The summed E-state index contributed by atoms with van der Waals surface area (Å²) in [5, 5.41) is 2.81. The molecule has 0 aliphatic rings. The minimum Gasteiger partial charge on any atom is -0.340 e. The van der Waals surface area contributed by atoms with Crippen LogP contribution in [0.25, 0.3) is 11.4 Å². The van der Waals surface area contributed by atoms with Crippen molar-refractivity contribution in [1.29, 1.82) is 0 Å². The van der Waals surface area contributed by atoms with E-state index in [4.69, 9.17) is 0 Å². The van der Waals surface area contributed by atoms with Gasteiger partial charge in [0.05, 0.1) is 0 Å². The van der Waals surface area contributed by atoms with E-state index >= 15 is 0 Å². The second-order valence-corrected chi connectivity index (χ2v) is 5.45. The summed E-state index contributed by atoms with van der Waals surface area (Å²) in [6.45, 7) is 1.43. The Morgan fingerprint density at radius 3 is 2.23 bits per heavy atom. The Balaban J connectivity index is 1.99. The van der Waals surface area contributed by atoms with Crippen molar-refractivity contribution >= 4 is 17.3 Å². The highest BCUT2D eigenvalue weighted by atomic mass is 19.4. The van der Waals surface area contributed by atoms with Crippen molar-refractivity contribution in [3.8, 4) is 11.4 Å². The van der Waals surface area contributed by atoms with E-state index < -0.39 is 11.9 Å². The first-order chi connectivity index (χ1) is 12.3. The lowest BCUT2D eigenvalue weighted by Gasteiger charge is -2.12. The third-order valence-corrected chi connectivity index (χ3v) is 3.52. The van der Waals surface area contributed by atoms with Crippen LogP contribution in [0.15, 0.2) is 54.9 Å². The number of nitrogens with zero attached hydrogens (tertiary/aromatic N) is 3. The standard InChI is InChI=1S/C18H13F3N4O/c1-11(26)12-2-4-14(5-3-12)23-16-10-15(18(19,20)21)24-17(25-16)13-6-8-22-9-7-13/h2-10H,1H3,(H,23,24,25). The molecule has 132 valence electrons. The largest absolute Gasteiger partial charge is 0.433 e. The third-order valence-electron chi connectivity index (χ3n) is 3.52. The summed E-state index contributed by atoms with van der Waals surface area (Å²) in [5.41, 5.74) is 0.373. The maximum Gasteiger partial charge on any atom is 0.433 e. The highest BCUT2D eigenvalue weighted by Crippen LogP contribution is 2.31. The van der Waals surface area contributed by atoms with Crippen molar-refractivity contribution in [3.63, 3.8) is 0 Å². The molecule has 0 amide bonds. The molecule has 0 saturated heterocycles. The van der Waals surface area contributed by atoms with Crippen molar-refractivity contribution < 1.29 is 18.0 Å². The molecule has 2 heterocycles. The summed E-state index contributed by atoms with van der Waals surface area (Å²) in [5.74, 6) is -0.169. The first-order valence-corrected chi connectivity index (χ1v) is 7.57. The summed E-state index contributed by atoms with van der Waals surface area (Å²) in [6.07, 6.45) is -1.71. The number of carbonyl (C=O) groups is 1. The van der Waals surface area contributed by atoms with Crippen LogP contribution in [0.5, 0.6) is 0 Å². The molecule has 0 atom stereocenters. The molecule has 0 saturated carbocycles. The Morgan fingerprint density at radius 2 is 1.65 bits per heavy atom. The van der Waals surface area contributed by atoms with E-state index in [1.165, 1.54) is 31.5 Å². The molecule has 0 radical (unpaired) electrons. The molecule has 1 N–H and O–H groups in total. The number of benzene rings is 1. The second kappa shape index (κ2) is 6.91. The summed E-state index contributed by atoms with van der Waals surface area (Å²) in [7, 11) is 0. The number of anilines is 2. The van der Waals surface area contributed by atoms with Gasteiger partial charge in [-0.3, -0.25) is 9.78 Å². The van der Waals surface area contributed by atoms with E-state index in [9.17, 15) is 18.0 Å². The summed E-state index contributed by atoms with van der Waals surface area (Å²) < 4.78 is 39.5. The highest BCUT2D eigenvalue weighted by Gasteiger charge is 2.33. The monoisotopic (exact) mass is 358 g/mol. The van der Waals surface area contributed by atoms with Crippen LogP contribution in [0.2, 0.25) is 0 Å². The lowest BCUT2D eigenvalue weighted by atomic mass is 10.1. The Labute approximate surface area is 147 Å². The predicted octanol–water partition coefficient (Wildman–Crippen LogP) is 4.50. The molecule has 0 fully saturated rings. The van der Waals surface area contributed by atoms with Gasteiger partial charge in [-0.25, -0.2) is 9.97 Å². The molecule has 2 aromatic heterocycles. The Kier molecular flexibility index (Phi) is 4.66. The van der Waals surface area contributed by atoms with E-state index in [0.29, 0.717) is 16.8 Å². The van der Waals surface area contributed by atoms with E-state index in [-0.39, 0.29) is 17.4 Å². The van der Waals surface area contributed by atoms with Gasteiger partial charge in [0.1, 0.15) is 5.82 Å². The van der Waals surface area contributed by atoms with E-state index in [1.54, 1.807) is 24.3 Å². The molecular formula is C18H13F3N4O. The van der Waals surface area contributed by atoms with Crippen LogP contribution >= 0.6 is 0 Å². The Morgan fingerprint density at radius 1 is 1.00 bits per heavy atom.